The molecule has 0 aliphatic carbocycles. The van der Waals surface area contributed by atoms with Gasteiger partial charge in [-0.3, -0.25) is 0 Å². The Kier molecular flexibility index (Phi) is 5.58. The van der Waals surface area contributed by atoms with Crippen molar-refractivity contribution in [2.45, 2.75) is 26.6 Å². The van der Waals surface area contributed by atoms with Crippen molar-refractivity contribution >= 4 is 12.4 Å². The maximum atomic E-state index is 13.6. The lowest BCUT2D eigenvalue weighted by Gasteiger charge is -2.07. The van der Waals surface area contributed by atoms with E-state index in [1.807, 2.05) is 0 Å². The van der Waals surface area contributed by atoms with E-state index < -0.39 is 12.5 Å². The van der Waals surface area contributed by atoms with Gasteiger partial charge in [0.1, 0.15) is 0 Å². The highest BCUT2D eigenvalue weighted by Crippen LogP contribution is 2.13. The van der Waals surface area contributed by atoms with Gasteiger partial charge in [-0.05, 0) is 13.0 Å². The van der Waals surface area contributed by atoms with Gasteiger partial charge in [0, 0.05) is 31.9 Å². The number of hydrogen-bond donors (Lipinski definition) is 1. The number of nitrogens with zero attached hydrogens (tertiary/aromatic N) is 4. The Hall–Kier alpha value is -1.54. The first kappa shape index (κ1) is 16.5. The first-order chi connectivity index (χ1) is 9.00. The molecule has 2 heterocycles. The molecule has 0 aliphatic heterocycles. The van der Waals surface area contributed by atoms with Crippen LogP contribution in [0.15, 0.2) is 12.3 Å². The lowest BCUT2D eigenvalue weighted by Crippen LogP contribution is -2.17. The minimum absolute atomic E-state index is 0. The number of hydrogen-bond acceptors (Lipinski definition) is 3. The van der Waals surface area contributed by atoms with Crippen molar-refractivity contribution < 1.29 is 13.2 Å². The summed E-state index contributed by atoms with van der Waals surface area (Å²) in [6.45, 7) is -0.578. The van der Waals surface area contributed by atoms with E-state index in [4.69, 9.17) is 0 Å². The van der Waals surface area contributed by atoms with E-state index in [1.54, 1.807) is 6.92 Å². The number of halogens is 4. The molecule has 0 saturated carbocycles. The summed E-state index contributed by atoms with van der Waals surface area (Å²) in [5.41, 5.74) is 1.36. The van der Waals surface area contributed by atoms with Gasteiger partial charge in [-0.15, -0.1) is 12.4 Å². The van der Waals surface area contributed by atoms with Crippen LogP contribution in [0.25, 0.3) is 0 Å². The molecule has 9 heteroatoms. The van der Waals surface area contributed by atoms with Crippen molar-refractivity contribution in [2.24, 2.45) is 7.05 Å². The fraction of sp³-hybridized carbons (Fsp3) is 0.455. The van der Waals surface area contributed by atoms with Crippen molar-refractivity contribution in [3.05, 3.63) is 35.2 Å². The standard InChI is InChI=1S/C11H14F3N5.ClH/c1-7-9(10(12)18(2)17-7)6-15-5-8-3-4-16-19(8)11(13)14;/h3-4,11,15H,5-6H2,1-2H3;1H. The third-order valence-corrected chi connectivity index (χ3v) is 2.81. The van der Waals surface area contributed by atoms with E-state index in [0.717, 1.165) is 4.68 Å². The predicted molar refractivity (Wildman–Crippen MR) is 69.2 cm³/mol. The Labute approximate surface area is 120 Å². The highest BCUT2D eigenvalue weighted by Gasteiger charge is 2.14. The number of nitrogens with one attached hydrogen (secondary N) is 1. The van der Waals surface area contributed by atoms with Gasteiger partial charge in [0.25, 0.3) is 0 Å². The zero-order valence-corrected chi connectivity index (χ0v) is 11.8. The van der Waals surface area contributed by atoms with E-state index in [9.17, 15) is 13.2 Å². The van der Waals surface area contributed by atoms with Crippen molar-refractivity contribution in [3.8, 4) is 0 Å². The molecule has 0 atom stereocenters. The van der Waals surface area contributed by atoms with E-state index >= 15 is 0 Å². The molecule has 0 aromatic carbocycles. The van der Waals surface area contributed by atoms with Gasteiger partial charge in [0.05, 0.1) is 11.4 Å². The predicted octanol–water partition coefficient (Wildman–Crippen LogP) is 2.17. The Morgan fingerprint density at radius 2 is 2.05 bits per heavy atom. The van der Waals surface area contributed by atoms with Gasteiger partial charge in [-0.1, -0.05) is 0 Å². The lowest BCUT2D eigenvalue weighted by atomic mass is 10.2. The summed E-state index contributed by atoms with van der Waals surface area (Å²) in [6, 6.07) is 1.49. The number of aryl methyl sites for hydroxylation is 2. The van der Waals surface area contributed by atoms with Gasteiger partial charge in [0.15, 0.2) is 0 Å². The molecule has 0 unspecified atom stereocenters. The molecule has 0 amide bonds. The molecular formula is C11H15ClF3N5. The van der Waals surface area contributed by atoms with Crippen LogP contribution in [0.4, 0.5) is 13.2 Å². The number of rotatable bonds is 5. The maximum Gasteiger partial charge on any atom is 0.333 e. The van der Waals surface area contributed by atoms with Crippen LogP contribution in [-0.2, 0) is 20.1 Å². The summed E-state index contributed by atoms with van der Waals surface area (Å²) in [7, 11) is 1.51. The Morgan fingerprint density at radius 1 is 1.35 bits per heavy atom. The monoisotopic (exact) mass is 309 g/mol. The average Bonchev–Trinajstić information content (AvgIpc) is 2.89. The fourth-order valence-corrected chi connectivity index (χ4v) is 1.85. The molecule has 112 valence electrons. The van der Waals surface area contributed by atoms with Crippen molar-refractivity contribution in [3.63, 3.8) is 0 Å². The fourth-order valence-electron chi connectivity index (χ4n) is 1.85. The molecule has 0 bridgehead atoms. The smallest absolute Gasteiger partial charge is 0.307 e. The van der Waals surface area contributed by atoms with Gasteiger partial charge in [0.2, 0.25) is 5.95 Å². The van der Waals surface area contributed by atoms with Crippen LogP contribution >= 0.6 is 12.4 Å². The van der Waals surface area contributed by atoms with Crippen molar-refractivity contribution in [2.75, 3.05) is 0 Å². The highest BCUT2D eigenvalue weighted by atomic mass is 35.5. The maximum absolute atomic E-state index is 13.6. The molecular weight excluding hydrogens is 295 g/mol. The first-order valence-electron chi connectivity index (χ1n) is 5.70. The molecule has 1 N–H and O–H groups in total. The molecule has 0 fully saturated rings. The summed E-state index contributed by atoms with van der Waals surface area (Å²) >= 11 is 0. The molecule has 0 spiro atoms. The van der Waals surface area contributed by atoms with Crippen LogP contribution in [-0.4, -0.2) is 19.6 Å². The van der Waals surface area contributed by atoms with E-state index in [1.165, 1.54) is 19.3 Å². The Bertz CT molecular complexity index is 566. The average molecular weight is 310 g/mol. The Morgan fingerprint density at radius 3 is 2.60 bits per heavy atom. The third-order valence-electron chi connectivity index (χ3n) is 2.81. The summed E-state index contributed by atoms with van der Waals surface area (Å²) < 4.78 is 40.5. The lowest BCUT2D eigenvalue weighted by molar-refractivity contribution is 0.0531. The van der Waals surface area contributed by atoms with Gasteiger partial charge < -0.3 is 5.32 Å². The SMILES string of the molecule is Cc1nn(C)c(F)c1CNCc1ccnn1C(F)F.Cl. The van der Waals surface area contributed by atoms with Crippen LogP contribution in [0, 0.1) is 12.9 Å². The highest BCUT2D eigenvalue weighted by molar-refractivity contribution is 5.85. The molecule has 20 heavy (non-hydrogen) atoms. The van der Waals surface area contributed by atoms with Crippen LogP contribution in [0.2, 0.25) is 0 Å². The third kappa shape index (κ3) is 3.31. The molecule has 2 rings (SSSR count). The van der Waals surface area contributed by atoms with Gasteiger partial charge >= 0.3 is 6.55 Å². The van der Waals surface area contributed by atoms with Crippen molar-refractivity contribution in [1.29, 1.82) is 0 Å². The minimum atomic E-state index is -2.68. The van der Waals surface area contributed by atoms with Crippen LogP contribution < -0.4 is 5.32 Å². The summed E-state index contributed by atoms with van der Waals surface area (Å²) in [6.07, 6.45) is 1.30. The minimum Gasteiger partial charge on any atom is -0.307 e. The van der Waals surface area contributed by atoms with Crippen LogP contribution in [0.3, 0.4) is 0 Å². The number of alkyl halides is 2. The van der Waals surface area contributed by atoms with Crippen LogP contribution in [0.1, 0.15) is 23.5 Å². The normalized spacial score (nSPS) is 10.9. The zero-order valence-electron chi connectivity index (χ0n) is 11.0. The van der Waals surface area contributed by atoms with Gasteiger partial charge in [-0.2, -0.15) is 23.4 Å². The van der Waals surface area contributed by atoms with Crippen LogP contribution in [0.5, 0.6) is 0 Å². The van der Waals surface area contributed by atoms with Crippen molar-refractivity contribution in [1.82, 2.24) is 24.9 Å². The van der Waals surface area contributed by atoms with E-state index in [2.05, 4.69) is 15.5 Å². The van der Waals surface area contributed by atoms with E-state index in [0.29, 0.717) is 21.6 Å². The summed E-state index contributed by atoms with van der Waals surface area (Å²) in [4.78, 5) is 0. The van der Waals surface area contributed by atoms with Gasteiger partial charge in [-0.25, -0.2) is 9.36 Å². The quantitative estimate of drug-likeness (QED) is 0.921. The second kappa shape index (κ2) is 6.76. The first-order valence-corrected chi connectivity index (χ1v) is 5.70. The molecule has 0 aliphatic rings. The molecule has 2 aromatic heterocycles. The largest absolute Gasteiger partial charge is 0.333 e. The molecule has 2 aromatic rings. The molecule has 5 nitrogen and oxygen atoms in total. The van der Waals surface area contributed by atoms with E-state index in [-0.39, 0.29) is 25.5 Å². The number of aromatic nitrogens is 4. The zero-order chi connectivity index (χ0) is 14.0. The Balaban J connectivity index is 0.00000200. The summed E-state index contributed by atoms with van der Waals surface area (Å²) in [5.74, 6) is -0.424. The second-order valence-corrected chi connectivity index (χ2v) is 4.13. The second-order valence-electron chi connectivity index (χ2n) is 4.13. The topological polar surface area (TPSA) is 47.7 Å². The summed E-state index contributed by atoms with van der Waals surface area (Å²) in [5, 5.41) is 10.4. The molecule has 0 radical (unpaired) electrons. The molecule has 0 saturated heterocycles.